The number of rotatable bonds is 9. The molecule has 0 spiro atoms. The molecule has 0 aliphatic carbocycles. The van der Waals surface area contributed by atoms with Crippen LogP contribution in [-0.2, 0) is 21.4 Å². The summed E-state index contributed by atoms with van der Waals surface area (Å²) in [6.45, 7) is 3.47. The number of benzene rings is 1. The number of thioether (sulfide) groups is 1. The first-order chi connectivity index (χ1) is 14.5. The van der Waals surface area contributed by atoms with E-state index in [4.69, 9.17) is 0 Å². The lowest BCUT2D eigenvalue weighted by atomic mass is 10.2. The summed E-state index contributed by atoms with van der Waals surface area (Å²) >= 11 is 1.60. The molecule has 1 aliphatic rings. The van der Waals surface area contributed by atoms with Crippen LogP contribution in [0.1, 0.15) is 12.0 Å². The molecule has 1 aromatic carbocycles. The van der Waals surface area contributed by atoms with Crippen molar-refractivity contribution in [1.29, 1.82) is 0 Å². The minimum Gasteiger partial charge on any atom is -0.339 e. The predicted molar refractivity (Wildman–Crippen MR) is 120 cm³/mol. The van der Waals surface area contributed by atoms with Crippen molar-refractivity contribution in [2.45, 2.75) is 23.9 Å². The van der Waals surface area contributed by atoms with Gasteiger partial charge in [-0.1, -0.05) is 24.3 Å². The van der Waals surface area contributed by atoms with E-state index in [1.54, 1.807) is 41.1 Å². The van der Waals surface area contributed by atoms with Crippen LogP contribution in [-0.4, -0.2) is 73.3 Å². The maximum atomic E-state index is 13.1. The average molecular weight is 449 g/mol. The lowest BCUT2D eigenvalue weighted by Gasteiger charge is -2.36. The van der Waals surface area contributed by atoms with E-state index < -0.39 is 16.1 Å². The molecule has 1 aromatic heterocycles. The highest BCUT2D eigenvalue weighted by molar-refractivity contribution is 7.98. The lowest BCUT2D eigenvalue weighted by molar-refractivity contribution is -0.134. The highest BCUT2D eigenvalue weighted by Crippen LogP contribution is 2.14. The van der Waals surface area contributed by atoms with Crippen LogP contribution in [0.5, 0.6) is 0 Å². The van der Waals surface area contributed by atoms with Gasteiger partial charge in [-0.3, -0.25) is 14.7 Å². The van der Waals surface area contributed by atoms with Crippen molar-refractivity contribution in [3.05, 3.63) is 60.4 Å². The van der Waals surface area contributed by atoms with E-state index in [2.05, 4.69) is 14.6 Å². The number of aromatic nitrogens is 1. The number of sulfonamides is 1. The lowest BCUT2D eigenvalue weighted by Crippen LogP contribution is -2.54. The average Bonchev–Trinajstić information content (AvgIpc) is 2.78. The summed E-state index contributed by atoms with van der Waals surface area (Å²) in [5, 5.41) is 0. The largest absolute Gasteiger partial charge is 0.339 e. The molecule has 1 amide bonds. The fraction of sp³-hybridized carbons (Fsp3) is 0.429. The minimum atomic E-state index is -3.75. The molecule has 0 saturated carbocycles. The van der Waals surface area contributed by atoms with Crippen molar-refractivity contribution >= 4 is 27.7 Å². The fourth-order valence-corrected chi connectivity index (χ4v) is 5.14. The Labute approximate surface area is 182 Å². The molecule has 7 nitrogen and oxygen atoms in total. The van der Waals surface area contributed by atoms with E-state index in [0.717, 1.165) is 25.2 Å². The zero-order valence-electron chi connectivity index (χ0n) is 17.1. The molecule has 1 atom stereocenters. The van der Waals surface area contributed by atoms with Gasteiger partial charge < -0.3 is 4.90 Å². The van der Waals surface area contributed by atoms with E-state index in [0.29, 0.717) is 25.3 Å². The van der Waals surface area contributed by atoms with Crippen LogP contribution in [0.3, 0.4) is 0 Å². The molecule has 2 heterocycles. The number of carbonyl (C=O) groups excluding carboxylic acids is 1. The molecule has 1 fully saturated rings. The Morgan fingerprint density at radius 3 is 2.50 bits per heavy atom. The SMILES string of the molecule is CSCCC(NS(=O)(=O)c1ccccc1)C(=O)N1CCN(Cc2cccnc2)CC1. The molecule has 3 rings (SSSR count). The third-order valence-electron chi connectivity index (χ3n) is 5.07. The predicted octanol–water partition coefficient (Wildman–Crippen LogP) is 1.83. The first-order valence-corrected chi connectivity index (χ1v) is 12.8. The van der Waals surface area contributed by atoms with E-state index >= 15 is 0 Å². The second-order valence-electron chi connectivity index (χ2n) is 7.23. The Hall–Kier alpha value is -1.94. The summed E-state index contributed by atoms with van der Waals surface area (Å²) in [6.07, 6.45) is 6.02. The molecule has 1 saturated heterocycles. The summed E-state index contributed by atoms with van der Waals surface area (Å²) in [6, 6.07) is 11.4. The summed E-state index contributed by atoms with van der Waals surface area (Å²) in [4.78, 5) is 21.5. The van der Waals surface area contributed by atoms with Crippen molar-refractivity contribution in [1.82, 2.24) is 19.5 Å². The monoisotopic (exact) mass is 448 g/mol. The zero-order valence-corrected chi connectivity index (χ0v) is 18.7. The van der Waals surface area contributed by atoms with Crippen LogP contribution in [0.15, 0.2) is 59.8 Å². The van der Waals surface area contributed by atoms with Crippen molar-refractivity contribution in [2.24, 2.45) is 0 Å². The maximum Gasteiger partial charge on any atom is 0.241 e. The number of amides is 1. The summed E-state index contributed by atoms with van der Waals surface area (Å²) in [7, 11) is -3.75. The van der Waals surface area contributed by atoms with Crippen molar-refractivity contribution in [3.8, 4) is 0 Å². The second kappa shape index (κ2) is 10.9. The van der Waals surface area contributed by atoms with Gasteiger partial charge in [0, 0.05) is 45.1 Å². The number of pyridine rings is 1. The number of nitrogens with one attached hydrogen (secondary N) is 1. The number of piperazine rings is 1. The van der Waals surface area contributed by atoms with Gasteiger partial charge in [0.25, 0.3) is 0 Å². The van der Waals surface area contributed by atoms with Crippen LogP contribution in [0.2, 0.25) is 0 Å². The quantitative estimate of drug-likeness (QED) is 0.630. The third-order valence-corrected chi connectivity index (χ3v) is 7.20. The molecule has 0 radical (unpaired) electrons. The van der Waals surface area contributed by atoms with Crippen LogP contribution in [0.25, 0.3) is 0 Å². The van der Waals surface area contributed by atoms with Crippen molar-refractivity contribution in [3.63, 3.8) is 0 Å². The minimum absolute atomic E-state index is 0.149. The van der Waals surface area contributed by atoms with E-state index in [1.807, 2.05) is 24.6 Å². The Bertz CT molecular complexity index is 902. The number of hydrogen-bond donors (Lipinski definition) is 1. The molecule has 2 aromatic rings. The molecule has 1 N–H and O–H groups in total. The Morgan fingerprint density at radius 1 is 1.13 bits per heavy atom. The summed E-state index contributed by atoms with van der Waals surface area (Å²) in [5.41, 5.74) is 1.14. The fourth-order valence-electron chi connectivity index (χ4n) is 3.42. The Kier molecular flexibility index (Phi) is 8.26. The number of nitrogens with zero attached hydrogens (tertiary/aromatic N) is 3. The second-order valence-corrected chi connectivity index (χ2v) is 9.93. The van der Waals surface area contributed by atoms with Crippen molar-refractivity contribution in [2.75, 3.05) is 38.2 Å². The standard InChI is InChI=1S/C21H28N4O3S2/c1-29-15-9-20(23-30(27,28)19-7-3-2-4-8-19)21(26)25-13-11-24(12-14-25)17-18-6-5-10-22-16-18/h2-8,10,16,20,23H,9,11-15,17H2,1H3. The summed E-state index contributed by atoms with van der Waals surface area (Å²) in [5.74, 6) is 0.555. The van der Waals surface area contributed by atoms with Crippen LogP contribution in [0.4, 0.5) is 0 Å². The van der Waals surface area contributed by atoms with E-state index in [9.17, 15) is 13.2 Å². The van der Waals surface area contributed by atoms with E-state index in [-0.39, 0.29) is 10.8 Å². The molecular weight excluding hydrogens is 420 g/mol. The number of hydrogen-bond acceptors (Lipinski definition) is 6. The molecule has 30 heavy (non-hydrogen) atoms. The zero-order chi connectivity index (χ0) is 21.4. The molecule has 0 bridgehead atoms. The van der Waals surface area contributed by atoms with Crippen LogP contribution < -0.4 is 4.72 Å². The smallest absolute Gasteiger partial charge is 0.241 e. The highest BCUT2D eigenvalue weighted by Gasteiger charge is 2.30. The normalized spacial score (nSPS) is 16.4. The van der Waals surface area contributed by atoms with Gasteiger partial charge in [0.05, 0.1) is 4.90 Å². The molecule has 1 aliphatic heterocycles. The molecular formula is C21H28N4O3S2. The van der Waals surface area contributed by atoms with Gasteiger partial charge in [0.15, 0.2) is 0 Å². The first-order valence-electron chi connectivity index (χ1n) is 9.96. The van der Waals surface area contributed by atoms with Gasteiger partial charge in [-0.2, -0.15) is 16.5 Å². The van der Waals surface area contributed by atoms with Gasteiger partial charge in [0.2, 0.25) is 15.9 Å². The molecule has 1 unspecified atom stereocenters. The van der Waals surface area contributed by atoms with Crippen LogP contribution >= 0.6 is 11.8 Å². The van der Waals surface area contributed by atoms with Crippen molar-refractivity contribution < 1.29 is 13.2 Å². The number of carbonyl (C=O) groups is 1. The molecule has 9 heteroatoms. The first kappa shape index (κ1) is 22.7. The highest BCUT2D eigenvalue weighted by atomic mass is 32.2. The molecule has 162 valence electrons. The van der Waals surface area contributed by atoms with Crippen LogP contribution in [0, 0.1) is 0 Å². The van der Waals surface area contributed by atoms with Gasteiger partial charge in [-0.25, -0.2) is 8.42 Å². The van der Waals surface area contributed by atoms with Gasteiger partial charge >= 0.3 is 0 Å². The third kappa shape index (κ3) is 6.28. The van der Waals surface area contributed by atoms with Gasteiger partial charge in [-0.05, 0) is 42.2 Å². The Morgan fingerprint density at radius 2 is 1.87 bits per heavy atom. The van der Waals surface area contributed by atoms with E-state index in [1.165, 1.54) is 12.1 Å². The van der Waals surface area contributed by atoms with Gasteiger partial charge in [0.1, 0.15) is 6.04 Å². The summed E-state index contributed by atoms with van der Waals surface area (Å²) < 4.78 is 28.1. The van der Waals surface area contributed by atoms with Gasteiger partial charge in [-0.15, -0.1) is 0 Å². The Balaban J connectivity index is 1.61. The maximum absolute atomic E-state index is 13.1. The topological polar surface area (TPSA) is 82.6 Å².